The van der Waals surface area contributed by atoms with Crippen LogP contribution in [0.3, 0.4) is 0 Å². The number of hydrogen-bond donors (Lipinski definition) is 1. The number of methoxy groups -OCH3 is 2. The molecule has 2 aromatic carbocycles. The number of hydrazone groups is 1. The Morgan fingerprint density at radius 1 is 1.10 bits per heavy atom. The number of ether oxygens (including phenoxy) is 4. The van der Waals surface area contributed by atoms with E-state index < -0.39 is 6.09 Å². The summed E-state index contributed by atoms with van der Waals surface area (Å²) in [5.74, 6) is 1.78. The van der Waals surface area contributed by atoms with Gasteiger partial charge in [-0.15, -0.1) is 0 Å². The SMILES string of the molecule is COC(=O)N/N=C\c1cc(Cl)c(OCCCOc2ccc(C)cc2C)c(OC)c1. The average Bonchev–Trinajstić information content (AvgIpc) is 2.69. The Hall–Kier alpha value is -2.93. The Kier molecular flexibility index (Phi) is 8.61. The summed E-state index contributed by atoms with van der Waals surface area (Å²) in [7, 11) is 2.78. The van der Waals surface area contributed by atoms with E-state index in [0.29, 0.717) is 41.7 Å². The molecule has 0 bridgehead atoms. The minimum absolute atomic E-state index is 0.374. The van der Waals surface area contributed by atoms with E-state index in [9.17, 15) is 4.79 Å². The van der Waals surface area contributed by atoms with E-state index in [4.69, 9.17) is 25.8 Å². The maximum Gasteiger partial charge on any atom is 0.427 e. The molecule has 0 aliphatic carbocycles. The van der Waals surface area contributed by atoms with Crippen molar-refractivity contribution in [2.75, 3.05) is 27.4 Å². The normalized spacial score (nSPS) is 10.7. The van der Waals surface area contributed by atoms with E-state index in [1.165, 1.54) is 26.0 Å². The molecule has 0 spiro atoms. The molecule has 0 aromatic heterocycles. The van der Waals surface area contributed by atoms with Crippen LogP contribution in [-0.4, -0.2) is 39.7 Å². The van der Waals surface area contributed by atoms with Gasteiger partial charge in [0, 0.05) is 6.42 Å². The third-order valence-corrected chi connectivity index (χ3v) is 4.21. The molecule has 0 aliphatic rings. The maximum absolute atomic E-state index is 11.0. The molecule has 0 saturated carbocycles. The molecular formula is C21H25ClN2O5. The number of carbonyl (C=O) groups is 1. The van der Waals surface area contributed by atoms with Crippen LogP contribution >= 0.6 is 11.6 Å². The van der Waals surface area contributed by atoms with Crippen molar-refractivity contribution in [3.63, 3.8) is 0 Å². The Labute approximate surface area is 175 Å². The highest BCUT2D eigenvalue weighted by molar-refractivity contribution is 6.32. The second-order valence-electron chi connectivity index (χ2n) is 6.22. The largest absolute Gasteiger partial charge is 0.493 e. The van der Waals surface area contributed by atoms with Crippen molar-refractivity contribution >= 4 is 23.9 Å². The molecule has 29 heavy (non-hydrogen) atoms. The van der Waals surface area contributed by atoms with Gasteiger partial charge in [-0.3, -0.25) is 0 Å². The summed E-state index contributed by atoms with van der Waals surface area (Å²) in [4.78, 5) is 11.0. The first-order chi connectivity index (χ1) is 13.9. The van der Waals surface area contributed by atoms with Gasteiger partial charge in [0.05, 0.1) is 38.7 Å². The lowest BCUT2D eigenvalue weighted by atomic mass is 10.1. The zero-order valence-corrected chi connectivity index (χ0v) is 17.7. The molecule has 7 nitrogen and oxygen atoms in total. The van der Waals surface area contributed by atoms with E-state index in [0.717, 1.165) is 11.3 Å². The molecule has 0 atom stereocenters. The molecule has 8 heteroatoms. The van der Waals surface area contributed by atoms with Gasteiger partial charge in [0.15, 0.2) is 11.5 Å². The summed E-state index contributed by atoms with van der Waals surface area (Å²) < 4.78 is 21.4. The highest BCUT2D eigenvalue weighted by Gasteiger charge is 2.12. The number of rotatable bonds is 9. The first-order valence-corrected chi connectivity index (χ1v) is 9.39. The van der Waals surface area contributed by atoms with Gasteiger partial charge in [0.1, 0.15) is 5.75 Å². The molecule has 2 rings (SSSR count). The first kappa shape index (κ1) is 22.4. The number of benzene rings is 2. The van der Waals surface area contributed by atoms with Gasteiger partial charge in [0.25, 0.3) is 0 Å². The molecular weight excluding hydrogens is 396 g/mol. The van der Waals surface area contributed by atoms with Crippen molar-refractivity contribution in [3.8, 4) is 17.2 Å². The van der Waals surface area contributed by atoms with E-state index in [1.54, 1.807) is 12.1 Å². The maximum atomic E-state index is 11.0. The molecule has 2 aromatic rings. The van der Waals surface area contributed by atoms with Gasteiger partial charge in [-0.05, 0) is 43.2 Å². The van der Waals surface area contributed by atoms with Gasteiger partial charge < -0.3 is 18.9 Å². The Morgan fingerprint density at radius 3 is 2.55 bits per heavy atom. The minimum atomic E-state index is -0.665. The fraction of sp³-hybridized carbons (Fsp3) is 0.333. The molecule has 0 heterocycles. The molecule has 156 valence electrons. The molecule has 1 amide bonds. The fourth-order valence-corrected chi connectivity index (χ4v) is 2.81. The molecule has 0 aliphatic heterocycles. The van der Waals surface area contributed by atoms with E-state index in [-0.39, 0.29) is 0 Å². The molecule has 0 unspecified atom stereocenters. The Bertz CT molecular complexity index is 870. The second-order valence-corrected chi connectivity index (χ2v) is 6.62. The van der Waals surface area contributed by atoms with Crippen LogP contribution in [-0.2, 0) is 4.74 Å². The van der Waals surface area contributed by atoms with Crippen molar-refractivity contribution < 1.29 is 23.7 Å². The Morgan fingerprint density at radius 2 is 1.86 bits per heavy atom. The summed E-state index contributed by atoms with van der Waals surface area (Å²) >= 11 is 6.32. The number of hydrogen-bond acceptors (Lipinski definition) is 6. The number of carbonyl (C=O) groups excluding carboxylic acids is 1. The lowest BCUT2D eigenvalue weighted by molar-refractivity contribution is 0.171. The summed E-state index contributed by atoms with van der Waals surface area (Å²) in [6.45, 7) is 5.01. The first-order valence-electron chi connectivity index (χ1n) is 9.02. The predicted octanol–water partition coefficient (Wildman–Crippen LogP) is 4.50. The van der Waals surface area contributed by atoms with Gasteiger partial charge >= 0.3 is 6.09 Å². The topological polar surface area (TPSA) is 78.4 Å². The standard InChI is InChI=1S/C21H25ClN2O5/c1-14-6-7-18(15(2)10-14)28-8-5-9-29-20-17(22)11-16(12-19(20)26-3)13-23-24-21(25)27-4/h6-7,10-13H,5,8-9H2,1-4H3,(H,24,25)/b23-13-. The summed E-state index contributed by atoms with van der Waals surface area (Å²) in [5, 5.41) is 4.14. The highest BCUT2D eigenvalue weighted by atomic mass is 35.5. The quantitative estimate of drug-likeness (QED) is 0.367. The Balaban J connectivity index is 1.90. The number of amides is 1. The number of nitrogens with one attached hydrogen (secondary N) is 1. The lowest BCUT2D eigenvalue weighted by Gasteiger charge is -2.14. The second kappa shape index (κ2) is 11.2. The van der Waals surface area contributed by atoms with Crippen LogP contribution in [0, 0.1) is 13.8 Å². The summed E-state index contributed by atoms with van der Waals surface area (Å²) in [5.41, 5.74) is 5.14. The van der Waals surface area contributed by atoms with Crippen LogP contribution in [0.5, 0.6) is 17.2 Å². The molecule has 0 fully saturated rings. The smallest absolute Gasteiger partial charge is 0.427 e. The van der Waals surface area contributed by atoms with Crippen LogP contribution in [0.25, 0.3) is 0 Å². The van der Waals surface area contributed by atoms with Crippen molar-refractivity contribution in [2.24, 2.45) is 5.10 Å². The summed E-state index contributed by atoms with van der Waals surface area (Å²) in [6, 6.07) is 9.45. The number of nitrogens with zero attached hydrogens (tertiary/aromatic N) is 1. The van der Waals surface area contributed by atoms with E-state index in [1.807, 2.05) is 19.1 Å². The minimum Gasteiger partial charge on any atom is -0.493 e. The van der Waals surface area contributed by atoms with Gasteiger partial charge in [-0.2, -0.15) is 5.10 Å². The van der Waals surface area contributed by atoms with Crippen LogP contribution in [0.2, 0.25) is 5.02 Å². The van der Waals surface area contributed by atoms with Crippen molar-refractivity contribution in [1.82, 2.24) is 5.43 Å². The third kappa shape index (κ3) is 6.87. The molecule has 0 radical (unpaired) electrons. The van der Waals surface area contributed by atoms with Crippen LogP contribution < -0.4 is 19.6 Å². The third-order valence-electron chi connectivity index (χ3n) is 3.93. The summed E-state index contributed by atoms with van der Waals surface area (Å²) in [6.07, 6.45) is 1.44. The lowest BCUT2D eigenvalue weighted by Crippen LogP contribution is -2.16. The number of halogens is 1. The van der Waals surface area contributed by atoms with Crippen molar-refractivity contribution in [2.45, 2.75) is 20.3 Å². The van der Waals surface area contributed by atoms with E-state index in [2.05, 4.69) is 28.3 Å². The highest BCUT2D eigenvalue weighted by Crippen LogP contribution is 2.36. The van der Waals surface area contributed by atoms with Crippen LogP contribution in [0.15, 0.2) is 35.4 Å². The number of aryl methyl sites for hydroxylation is 2. The zero-order chi connectivity index (χ0) is 21.2. The monoisotopic (exact) mass is 420 g/mol. The van der Waals surface area contributed by atoms with Crippen molar-refractivity contribution in [3.05, 3.63) is 52.0 Å². The molecule has 0 saturated heterocycles. The van der Waals surface area contributed by atoms with Gasteiger partial charge in [-0.25, -0.2) is 10.2 Å². The fourth-order valence-electron chi connectivity index (χ4n) is 2.54. The zero-order valence-electron chi connectivity index (χ0n) is 17.0. The predicted molar refractivity (Wildman–Crippen MR) is 113 cm³/mol. The van der Waals surface area contributed by atoms with Crippen LogP contribution in [0.4, 0.5) is 4.79 Å². The van der Waals surface area contributed by atoms with E-state index >= 15 is 0 Å². The average molecular weight is 421 g/mol. The molecule has 1 N–H and O–H groups in total. The van der Waals surface area contributed by atoms with Gasteiger partial charge in [0.2, 0.25) is 0 Å². The van der Waals surface area contributed by atoms with Crippen molar-refractivity contribution in [1.29, 1.82) is 0 Å². The van der Waals surface area contributed by atoms with Gasteiger partial charge in [-0.1, -0.05) is 29.3 Å². The van der Waals surface area contributed by atoms with Crippen LogP contribution in [0.1, 0.15) is 23.1 Å².